The number of benzene rings is 2. The first-order valence-corrected chi connectivity index (χ1v) is 7.01. The van der Waals surface area contributed by atoms with Crippen molar-refractivity contribution in [1.29, 1.82) is 5.26 Å². The minimum Gasteiger partial charge on any atom is -0.488 e. The van der Waals surface area contributed by atoms with Gasteiger partial charge in [0.15, 0.2) is 0 Å². The van der Waals surface area contributed by atoms with Gasteiger partial charge in [-0.3, -0.25) is 0 Å². The molecule has 0 aliphatic carbocycles. The lowest BCUT2D eigenvalue weighted by molar-refractivity contribution is 0.280. The van der Waals surface area contributed by atoms with Crippen molar-refractivity contribution >= 4 is 5.57 Å². The number of nitrogens with zero attached hydrogens (tertiary/aromatic N) is 1. The zero-order valence-corrected chi connectivity index (χ0v) is 12.4. The van der Waals surface area contributed by atoms with E-state index in [0.717, 1.165) is 12.1 Å². The Balaban J connectivity index is 2.35. The molecule has 3 nitrogen and oxygen atoms in total. The molecule has 0 saturated carbocycles. The van der Waals surface area contributed by atoms with E-state index < -0.39 is 11.6 Å². The summed E-state index contributed by atoms with van der Waals surface area (Å²) < 4.78 is 33.5. The van der Waals surface area contributed by atoms with Crippen LogP contribution in [0.4, 0.5) is 8.78 Å². The van der Waals surface area contributed by atoms with Gasteiger partial charge in [-0.2, -0.15) is 5.26 Å². The zero-order chi connectivity index (χ0) is 16.6. The van der Waals surface area contributed by atoms with E-state index in [9.17, 15) is 19.1 Å². The second kappa shape index (κ2) is 5.82. The minimum atomic E-state index is -0.774. The third-order valence-electron chi connectivity index (χ3n) is 3.82. The monoisotopic (exact) mass is 313 g/mol. The molecule has 1 N–H and O–H groups in total. The first kappa shape index (κ1) is 15.2. The van der Waals surface area contributed by atoms with Gasteiger partial charge in [0.2, 0.25) is 0 Å². The maximum Gasteiger partial charge on any atom is 0.137 e. The highest BCUT2D eigenvalue weighted by atomic mass is 19.1. The normalized spacial score (nSPS) is 14.9. The third kappa shape index (κ3) is 2.58. The molecule has 23 heavy (non-hydrogen) atoms. The average molecular weight is 313 g/mol. The van der Waals surface area contributed by atoms with Crippen LogP contribution >= 0.6 is 0 Å². The van der Waals surface area contributed by atoms with Crippen molar-refractivity contribution in [1.82, 2.24) is 0 Å². The summed E-state index contributed by atoms with van der Waals surface area (Å²) in [4.78, 5) is 0. The summed E-state index contributed by atoms with van der Waals surface area (Å²) in [6, 6.07) is 9.08. The van der Waals surface area contributed by atoms with Crippen LogP contribution in [0.3, 0.4) is 0 Å². The average Bonchev–Trinajstić information content (AvgIpc) is 2.70. The van der Waals surface area contributed by atoms with Crippen molar-refractivity contribution < 1.29 is 18.6 Å². The van der Waals surface area contributed by atoms with Crippen molar-refractivity contribution in [3.05, 3.63) is 69.8 Å². The van der Waals surface area contributed by atoms with Crippen LogP contribution in [-0.4, -0.2) is 5.11 Å². The van der Waals surface area contributed by atoms with Crippen LogP contribution in [-0.2, 0) is 13.2 Å². The molecule has 1 heterocycles. The van der Waals surface area contributed by atoms with Gasteiger partial charge in [-0.25, -0.2) is 8.78 Å². The molecule has 0 amide bonds. The van der Waals surface area contributed by atoms with E-state index in [2.05, 4.69) is 0 Å². The summed E-state index contributed by atoms with van der Waals surface area (Å²) in [5.41, 5.74) is 2.81. The van der Waals surface area contributed by atoms with Gasteiger partial charge in [0, 0.05) is 23.3 Å². The number of ether oxygens (including phenoxy) is 1. The highest BCUT2D eigenvalue weighted by Gasteiger charge is 2.25. The summed E-state index contributed by atoms with van der Waals surface area (Å²) >= 11 is 0. The minimum absolute atomic E-state index is 0.0637. The van der Waals surface area contributed by atoms with E-state index in [1.165, 1.54) is 0 Å². The summed E-state index contributed by atoms with van der Waals surface area (Å²) in [5, 5.41) is 18.6. The van der Waals surface area contributed by atoms with Gasteiger partial charge in [0.25, 0.3) is 0 Å². The maximum absolute atomic E-state index is 14.4. The predicted molar refractivity (Wildman–Crippen MR) is 80.4 cm³/mol. The molecule has 0 bridgehead atoms. The molecule has 116 valence electrons. The van der Waals surface area contributed by atoms with E-state index in [1.54, 1.807) is 25.1 Å². The fourth-order valence-corrected chi connectivity index (χ4v) is 2.75. The Kier molecular flexibility index (Phi) is 3.85. The van der Waals surface area contributed by atoms with Gasteiger partial charge >= 0.3 is 0 Å². The fraction of sp³-hybridized carbons (Fsp3) is 0.167. The van der Waals surface area contributed by atoms with Gasteiger partial charge in [-0.15, -0.1) is 0 Å². The number of hydrogen-bond acceptors (Lipinski definition) is 3. The molecular formula is C18H13F2NO2. The van der Waals surface area contributed by atoms with Crippen molar-refractivity contribution in [3.8, 4) is 11.8 Å². The van der Waals surface area contributed by atoms with Gasteiger partial charge in [-0.1, -0.05) is 12.1 Å². The smallest absolute Gasteiger partial charge is 0.137 e. The Labute approximate surface area is 132 Å². The molecule has 1 aliphatic heterocycles. The van der Waals surface area contributed by atoms with Gasteiger partial charge < -0.3 is 9.84 Å². The molecule has 0 aromatic heterocycles. The number of allylic oxidation sites excluding steroid dienone is 1. The topological polar surface area (TPSA) is 53.2 Å². The lowest BCUT2D eigenvalue weighted by atomic mass is 9.90. The molecule has 2 aromatic rings. The van der Waals surface area contributed by atoms with Gasteiger partial charge in [0.05, 0.1) is 18.2 Å². The Morgan fingerprint density at radius 3 is 2.78 bits per heavy atom. The van der Waals surface area contributed by atoms with Crippen LogP contribution in [0.25, 0.3) is 5.57 Å². The van der Waals surface area contributed by atoms with Crippen LogP contribution in [0.5, 0.6) is 5.75 Å². The quantitative estimate of drug-likeness (QED) is 0.817. The number of halogens is 2. The van der Waals surface area contributed by atoms with Crippen LogP contribution < -0.4 is 4.74 Å². The number of nitriles is 1. The third-order valence-corrected chi connectivity index (χ3v) is 3.82. The fourth-order valence-electron chi connectivity index (χ4n) is 2.75. The van der Waals surface area contributed by atoms with Crippen LogP contribution in [0.15, 0.2) is 35.9 Å². The Morgan fingerprint density at radius 2 is 2.09 bits per heavy atom. The van der Waals surface area contributed by atoms with Crippen LogP contribution in [0.1, 0.15) is 29.2 Å². The molecule has 0 atom stereocenters. The van der Waals surface area contributed by atoms with Crippen molar-refractivity contribution in [2.24, 2.45) is 0 Å². The predicted octanol–water partition coefficient (Wildman–Crippen LogP) is 3.69. The zero-order valence-electron chi connectivity index (χ0n) is 12.4. The largest absolute Gasteiger partial charge is 0.488 e. The van der Waals surface area contributed by atoms with Crippen LogP contribution in [0, 0.1) is 23.0 Å². The summed E-state index contributed by atoms with van der Waals surface area (Å²) in [7, 11) is 0. The molecule has 3 rings (SSSR count). The number of fused-ring (bicyclic) bond motifs is 2. The Morgan fingerprint density at radius 1 is 1.30 bits per heavy atom. The number of hydrogen-bond donors (Lipinski definition) is 1. The molecule has 0 radical (unpaired) electrons. The lowest BCUT2D eigenvalue weighted by Gasteiger charge is -2.13. The second-order valence-corrected chi connectivity index (χ2v) is 5.31. The summed E-state index contributed by atoms with van der Waals surface area (Å²) in [6.45, 7) is 1.54. The van der Waals surface area contributed by atoms with E-state index in [4.69, 9.17) is 4.74 Å². The first-order chi connectivity index (χ1) is 11.0. The van der Waals surface area contributed by atoms with Crippen molar-refractivity contribution in [2.45, 2.75) is 20.1 Å². The van der Waals surface area contributed by atoms with Gasteiger partial charge in [0.1, 0.15) is 24.0 Å². The standard InChI is InChI=1S/C18H13F2NO2/c1-10(7-21)17-14-3-2-11(8-22)4-12(14)9-23-16-6-13(19)5-15(20)18(16)17/h2-6,22H,8-9H2,1H3/b17-10+. The first-order valence-electron chi connectivity index (χ1n) is 7.01. The molecule has 0 unspecified atom stereocenters. The molecule has 0 spiro atoms. The van der Waals surface area contributed by atoms with E-state index >= 15 is 0 Å². The molecule has 0 saturated heterocycles. The van der Waals surface area contributed by atoms with Crippen molar-refractivity contribution in [3.63, 3.8) is 0 Å². The van der Waals surface area contributed by atoms with Crippen LogP contribution in [0.2, 0.25) is 0 Å². The number of rotatable bonds is 1. The SMILES string of the molecule is C/C(C#N)=C1/c2ccc(CO)cc2COc2cc(F)cc(F)c21. The Hall–Kier alpha value is -2.71. The van der Waals surface area contributed by atoms with Crippen molar-refractivity contribution in [2.75, 3.05) is 0 Å². The number of aliphatic hydroxyl groups excluding tert-OH is 1. The lowest BCUT2D eigenvalue weighted by Crippen LogP contribution is -1.98. The van der Waals surface area contributed by atoms with Gasteiger partial charge in [-0.05, 0) is 29.7 Å². The second-order valence-electron chi connectivity index (χ2n) is 5.31. The van der Waals surface area contributed by atoms with E-state index in [1.807, 2.05) is 6.07 Å². The Bertz CT molecular complexity index is 866. The summed E-state index contributed by atoms with van der Waals surface area (Å²) in [5.74, 6) is -1.45. The molecule has 2 aromatic carbocycles. The highest BCUT2D eigenvalue weighted by molar-refractivity contribution is 5.88. The molecule has 0 fully saturated rings. The van der Waals surface area contributed by atoms with E-state index in [-0.39, 0.29) is 24.5 Å². The highest BCUT2D eigenvalue weighted by Crippen LogP contribution is 2.40. The maximum atomic E-state index is 14.4. The number of aliphatic hydroxyl groups is 1. The molecular weight excluding hydrogens is 300 g/mol. The van der Waals surface area contributed by atoms with E-state index in [0.29, 0.717) is 27.8 Å². The molecule has 5 heteroatoms. The molecule has 1 aliphatic rings. The summed E-state index contributed by atoms with van der Waals surface area (Å²) in [6.07, 6.45) is 0.